The molecule has 0 unspecified atom stereocenters. The van der Waals surface area contributed by atoms with E-state index in [1.807, 2.05) is 37.3 Å². The number of nitrogens with one attached hydrogen (secondary N) is 1. The first-order chi connectivity index (χ1) is 20.2. The number of aromatic nitrogens is 3. The van der Waals surface area contributed by atoms with E-state index >= 15 is 0 Å². The number of thiazole rings is 1. The molecule has 2 aliphatic rings. The van der Waals surface area contributed by atoms with Crippen molar-refractivity contribution in [2.45, 2.75) is 36.7 Å². The van der Waals surface area contributed by atoms with Crippen LogP contribution in [0, 0.1) is 6.92 Å². The topological polar surface area (TPSA) is 100 Å². The summed E-state index contributed by atoms with van der Waals surface area (Å²) in [6, 6.07) is 16.7. The molecule has 3 aromatic heterocycles. The van der Waals surface area contributed by atoms with Gasteiger partial charge in [-0.05, 0) is 62.1 Å². The molecule has 4 heterocycles. The Labute approximate surface area is 253 Å². The van der Waals surface area contributed by atoms with Gasteiger partial charge in [0.05, 0.1) is 20.5 Å². The molecule has 8 nitrogen and oxygen atoms in total. The van der Waals surface area contributed by atoms with Gasteiger partial charge >= 0.3 is 0 Å². The van der Waals surface area contributed by atoms with Crippen molar-refractivity contribution in [3.63, 3.8) is 0 Å². The lowest BCUT2D eigenvalue weighted by molar-refractivity contribution is -0.0389. The molecule has 0 bridgehead atoms. The van der Waals surface area contributed by atoms with Crippen LogP contribution in [0.25, 0.3) is 32.7 Å². The molecule has 1 aliphatic carbocycles. The molecule has 0 radical (unpaired) electrons. The minimum Gasteiger partial charge on any atom is -0.383 e. The third kappa shape index (κ3) is 4.62. The van der Waals surface area contributed by atoms with Gasteiger partial charge < -0.3 is 15.3 Å². The van der Waals surface area contributed by atoms with Gasteiger partial charge in [-0.2, -0.15) is 0 Å². The molecular formula is C31H30ClN5O3S2. The number of hydrogen-bond acceptors (Lipinski definition) is 8. The van der Waals surface area contributed by atoms with Gasteiger partial charge in [0.25, 0.3) is 10.0 Å². The lowest BCUT2D eigenvalue weighted by atomic mass is 9.81. The van der Waals surface area contributed by atoms with Crippen molar-refractivity contribution in [3.05, 3.63) is 82.6 Å². The Hall–Kier alpha value is -3.28. The second-order valence-electron chi connectivity index (χ2n) is 11.0. The van der Waals surface area contributed by atoms with Crippen LogP contribution in [-0.2, 0) is 15.6 Å². The van der Waals surface area contributed by atoms with Gasteiger partial charge in [-0.15, -0.1) is 11.3 Å². The van der Waals surface area contributed by atoms with E-state index in [1.54, 1.807) is 30.5 Å². The monoisotopic (exact) mass is 619 g/mol. The maximum atomic E-state index is 14.3. The Morgan fingerprint density at radius 3 is 2.38 bits per heavy atom. The summed E-state index contributed by atoms with van der Waals surface area (Å²) in [6.07, 6.45) is 5.53. The Morgan fingerprint density at radius 2 is 1.71 bits per heavy atom. The predicted octanol–water partition coefficient (Wildman–Crippen LogP) is 5.81. The number of hydrogen-bond donors (Lipinski definition) is 2. The molecule has 11 heteroatoms. The second kappa shape index (κ2) is 10.5. The van der Waals surface area contributed by atoms with Crippen molar-refractivity contribution >= 4 is 49.7 Å². The van der Waals surface area contributed by atoms with Gasteiger partial charge in [0.2, 0.25) is 0 Å². The van der Waals surface area contributed by atoms with Gasteiger partial charge in [-0.25, -0.2) is 22.4 Å². The molecule has 7 rings (SSSR count). The zero-order chi connectivity index (χ0) is 29.1. The minimum atomic E-state index is -4.03. The summed E-state index contributed by atoms with van der Waals surface area (Å²) in [4.78, 5) is 12.4. The Kier molecular flexibility index (Phi) is 6.86. The molecule has 0 spiro atoms. The number of benzene rings is 2. The highest BCUT2D eigenvalue weighted by Gasteiger charge is 2.39. The highest BCUT2D eigenvalue weighted by atomic mass is 35.5. The molecular weight excluding hydrogens is 590 g/mol. The van der Waals surface area contributed by atoms with Crippen LogP contribution in [-0.4, -0.2) is 53.6 Å². The largest absolute Gasteiger partial charge is 0.383 e. The van der Waals surface area contributed by atoms with Crippen molar-refractivity contribution < 1.29 is 13.5 Å². The summed E-state index contributed by atoms with van der Waals surface area (Å²) in [7, 11) is -4.03. The van der Waals surface area contributed by atoms with Crippen molar-refractivity contribution in [1.29, 1.82) is 0 Å². The van der Waals surface area contributed by atoms with Gasteiger partial charge in [-0.3, -0.25) is 0 Å². The molecule has 5 aromatic rings. The molecule has 2 fully saturated rings. The van der Waals surface area contributed by atoms with Crippen LogP contribution in [0.15, 0.2) is 71.9 Å². The molecule has 0 atom stereocenters. The van der Waals surface area contributed by atoms with E-state index in [4.69, 9.17) is 11.6 Å². The average molecular weight is 620 g/mol. The van der Waals surface area contributed by atoms with Gasteiger partial charge in [0.15, 0.2) is 5.65 Å². The van der Waals surface area contributed by atoms with Crippen molar-refractivity contribution in [1.82, 2.24) is 19.3 Å². The maximum absolute atomic E-state index is 14.3. The van der Waals surface area contributed by atoms with E-state index in [9.17, 15) is 13.5 Å². The van der Waals surface area contributed by atoms with Crippen LogP contribution in [0.3, 0.4) is 0 Å². The maximum Gasteiger partial charge on any atom is 0.269 e. The normalized spacial score (nSPS) is 17.0. The quantitative estimate of drug-likeness (QED) is 0.248. The summed E-state index contributed by atoms with van der Waals surface area (Å²) < 4.78 is 29.9. The lowest BCUT2D eigenvalue weighted by Gasteiger charge is -2.34. The van der Waals surface area contributed by atoms with E-state index in [2.05, 4.69) is 20.2 Å². The molecule has 0 amide bonds. The molecule has 2 N–H and O–H groups in total. The fourth-order valence-corrected chi connectivity index (χ4v) is 8.63. The number of nitrogens with zero attached hydrogens (tertiary/aromatic N) is 4. The second-order valence-corrected chi connectivity index (χ2v) is 14.3. The first-order valence-corrected chi connectivity index (χ1v) is 16.7. The first kappa shape index (κ1) is 27.5. The fourth-order valence-electron chi connectivity index (χ4n) is 5.71. The molecule has 2 aromatic carbocycles. The number of fused-ring (bicyclic) bond motifs is 1. The molecule has 42 heavy (non-hydrogen) atoms. The van der Waals surface area contributed by atoms with Crippen LogP contribution in [0.1, 0.15) is 29.8 Å². The van der Waals surface area contributed by atoms with Crippen molar-refractivity contribution in [2.24, 2.45) is 0 Å². The van der Waals surface area contributed by atoms with E-state index in [1.165, 1.54) is 21.5 Å². The van der Waals surface area contributed by atoms with Gasteiger partial charge in [0.1, 0.15) is 10.6 Å². The van der Waals surface area contributed by atoms with Crippen LogP contribution >= 0.6 is 22.9 Å². The third-order valence-corrected chi connectivity index (χ3v) is 11.5. The van der Waals surface area contributed by atoms with Crippen LogP contribution in [0.5, 0.6) is 0 Å². The summed E-state index contributed by atoms with van der Waals surface area (Å²) in [5, 5.41) is 15.9. The van der Waals surface area contributed by atoms with E-state index < -0.39 is 15.6 Å². The summed E-state index contributed by atoms with van der Waals surface area (Å²) in [5.41, 5.74) is 3.35. The molecule has 1 saturated heterocycles. The Balaban J connectivity index is 1.42. The van der Waals surface area contributed by atoms with Gasteiger partial charge in [-0.1, -0.05) is 41.4 Å². The number of anilines is 1. The fraction of sp³-hybridized carbons (Fsp3) is 0.290. The van der Waals surface area contributed by atoms with Gasteiger partial charge in [0, 0.05) is 55.2 Å². The van der Waals surface area contributed by atoms with Crippen molar-refractivity contribution in [3.8, 4) is 21.7 Å². The molecule has 1 aliphatic heterocycles. The summed E-state index contributed by atoms with van der Waals surface area (Å²) in [5.74, 6) is 0. The van der Waals surface area contributed by atoms with Crippen molar-refractivity contribution in [2.75, 3.05) is 31.1 Å². The molecule has 216 valence electrons. The minimum absolute atomic E-state index is 0.176. The highest BCUT2D eigenvalue weighted by Crippen LogP contribution is 2.47. The number of aryl methyl sites for hydroxylation is 1. The standard InChI is InChI=1S/C31H30ClN5O3S2/c1-20-3-9-23(10-4-20)42(39,40)37-26(21-5-7-22(8-6-21)36-15-13-33-14-16-36)17-24-28(25(32)18-34-29(24)37)27-19-35-30(41-27)31(38)11-2-12-31/h3-10,17-19,33,38H,2,11-16H2,1H3. The zero-order valence-corrected chi connectivity index (χ0v) is 25.4. The summed E-state index contributed by atoms with van der Waals surface area (Å²) >= 11 is 8.15. The summed E-state index contributed by atoms with van der Waals surface area (Å²) in [6.45, 7) is 5.61. The van der Waals surface area contributed by atoms with E-state index in [0.717, 1.165) is 54.3 Å². The van der Waals surface area contributed by atoms with Crippen LogP contribution in [0.4, 0.5) is 5.69 Å². The zero-order valence-electron chi connectivity index (χ0n) is 23.0. The third-order valence-electron chi connectivity index (χ3n) is 8.28. The Bertz CT molecular complexity index is 1890. The average Bonchev–Trinajstić information content (AvgIpc) is 3.63. The SMILES string of the molecule is Cc1ccc(S(=O)(=O)n2c(-c3ccc(N4CCNCC4)cc3)cc3c(-c4cnc(C5(O)CCC5)s4)c(Cl)cnc32)cc1. The predicted molar refractivity (Wildman–Crippen MR) is 168 cm³/mol. The Morgan fingerprint density at radius 1 is 1.00 bits per heavy atom. The van der Waals surface area contributed by atoms with Crippen LogP contribution in [0.2, 0.25) is 5.02 Å². The van der Waals surface area contributed by atoms with E-state index in [0.29, 0.717) is 39.5 Å². The highest BCUT2D eigenvalue weighted by molar-refractivity contribution is 7.90. The van der Waals surface area contributed by atoms with E-state index in [-0.39, 0.29) is 10.5 Å². The van der Waals surface area contributed by atoms with Crippen LogP contribution < -0.4 is 10.2 Å². The lowest BCUT2D eigenvalue weighted by Crippen LogP contribution is -2.43. The number of halogens is 1. The number of piperazine rings is 1. The molecule has 1 saturated carbocycles. The number of pyridine rings is 1. The number of rotatable bonds is 6. The number of aliphatic hydroxyl groups is 1. The first-order valence-electron chi connectivity index (χ1n) is 14.0. The smallest absolute Gasteiger partial charge is 0.269 e.